The van der Waals surface area contributed by atoms with Crippen LogP contribution in [0, 0.1) is 10.1 Å². The molecule has 10 atom stereocenters. The first-order chi connectivity index (χ1) is 28.8. The van der Waals surface area contributed by atoms with Crippen LogP contribution in [0.1, 0.15) is 78.2 Å². The molecule has 23 heteroatoms. The summed E-state index contributed by atoms with van der Waals surface area (Å²) < 4.78 is 69.0. The molecule has 0 bridgehead atoms. The molecule has 1 aromatic carbocycles. The predicted octanol–water partition coefficient (Wildman–Crippen LogP) is 2.98. The molecule has 2 saturated heterocycles. The van der Waals surface area contributed by atoms with Crippen molar-refractivity contribution >= 4 is 55.8 Å². The molecule has 2 aliphatic rings. The van der Waals surface area contributed by atoms with Crippen molar-refractivity contribution in [1.29, 1.82) is 0 Å². The number of esters is 7. The molecule has 0 saturated carbocycles. The van der Waals surface area contributed by atoms with E-state index in [-0.39, 0.29) is 22.8 Å². The molecule has 2 heterocycles. The van der Waals surface area contributed by atoms with Gasteiger partial charge >= 0.3 is 41.8 Å². The number of nitro benzene ring substituents is 1. The van der Waals surface area contributed by atoms with E-state index in [1.165, 1.54) is 12.1 Å². The lowest BCUT2D eigenvalue weighted by molar-refractivity contribution is -0.386. The van der Waals surface area contributed by atoms with E-state index in [0.29, 0.717) is 0 Å². The number of hydrogen-bond donors (Lipinski definition) is 0. The van der Waals surface area contributed by atoms with Crippen molar-refractivity contribution in [1.82, 2.24) is 0 Å². The molecule has 22 nitrogen and oxygen atoms in total. The number of carbonyl (C=O) groups is 7. The van der Waals surface area contributed by atoms with Gasteiger partial charge in [0.2, 0.25) is 0 Å². The van der Waals surface area contributed by atoms with Crippen LogP contribution in [0.3, 0.4) is 0 Å². The number of nitro groups is 1. The van der Waals surface area contributed by atoms with Gasteiger partial charge in [0.25, 0.3) is 5.69 Å². The van der Waals surface area contributed by atoms with Crippen molar-refractivity contribution in [2.45, 2.75) is 148 Å². The fourth-order valence-electron chi connectivity index (χ4n) is 6.22. The van der Waals surface area contributed by atoms with Crippen LogP contribution in [0.15, 0.2) is 18.2 Å². The van der Waals surface area contributed by atoms with Crippen molar-refractivity contribution in [2.75, 3.05) is 20.3 Å². The standard InChI is InChI=1S/C39H55NO21Si/c1-19(41)54-30-28(60-37(34(58-23(5)45)32(30)56-21(3)43)51-16-26-14-13-25(36(47)50-10)15-27(26)40(48)49)17-52-38-35(59-24(6)46)33(57-22(4)44)31(55-20(2)42)29(61-38)18-53-62(11,12)39(7,8)9/h13-15,28-35,37-38H,16-18H2,1-12H3/t28?,29?,30-,31-,32?,33?,34?,35?,37+,38+/m1/s1. The first-order valence-electron chi connectivity index (χ1n) is 19.3. The highest BCUT2D eigenvalue weighted by atomic mass is 28.4. The summed E-state index contributed by atoms with van der Waals surface area (Å²) in [6, 6.07) is 3.44. The third-order valence-electron chi connectivity index (χ3n) is 9.94. The topological polar surface area (TPSA) is 273 Å². The summed E-state index contributed by atoms with van der Waals surface area (Å²) in [6.45, 7) is 14.7. The number of carbonyl (C=O) groups excluding carboxylic acids is 7. The number of hydrogen-bond acceptors (Lipinski definition) is 21. The molecular formula is C39H55NO21Si. The zero-order valence-corrected chi connectivity index (χ0v) is 37.6. The highest BCUT2D eigenvalue weighted by molar-refractivity contribution is 6.74. The fourth-order valence-corrected chi connectivity index (χ4v) is 7.23. The van der Waals surface area contributed by atoms with E-state index in [2.05, 4.69) is 4.74 Å². The maximum atomic E-state index is 12.5. The minimum atomic E-state index is -2.52. The van der Waals surface area contributed by atoms with Crippen molar-refractivity contribution in [3.8, 4) is 0 Å². The van der Waals surface area contributed by atoms with Gasteiger partial charge in [-0.05, 0) is 30.3 Å². The van der Waals surface area contributed by atoms with E-state index < -0.39 is 135 Å². The molecule has 0 amide bonds. The fraction of sp³-hybridized carbons (Fsp3) is 0.667. The monoisotopic (exact) mass is 901 g/mol. The van der Waals surface area contributed by atoms with Crippen LogP contribution >= 0.6 is 0 Å². The maximum Gasteiger partial charge on any atom is 0.338 e. The smallest absolute Gasteiger partial charge is 0.338 e. The molecular weight excluding hydrogens is 847 g/mol. The van der Waals surface area contributed by atoms with Crippen molar-refractivity contribution in [3.05, 3.63) is 39.4 Å². The third kappa shape index (κ3) is 14.0. The SMILES string of the molecule is COC(=O)c1ccc(CO[C@H]2OC(CO[C@H]3OC(CO[Si](C)(C)C(C)(C)C)[C@@H](OC(C)=O)C(OC(C)=O)C3OC(C)=O)[C@@H](OC(C)=O)C(OC(C)=O)C2OC(C)=O)c([N+](=O)[O-])c1. The Bertz CT molecular complexity index is 1830. The number of rotatable bonds is 17. The number of nitrogens with zero attached hydrogens (tertiary/aromatic N) is 1. The second-order valence-electron chi connectivity index (χ2n) is 15.8. The van der Waals surface area contributed by atoms with E-state index in [9.17, 15) is 43.7 Å². The number of methoxy groups -OCH3 is 1. The molecule has 62 heavy (non-hydrogen) atoms. The molecule has 0 spiro atoms. The van der Waals surface area contributed by atoms with Gasteiger partial charge in [0.15, 0.2) is 57.5 Å². The lowest BCUT2D eigenvalue weighted by Gasteiger charge is -2.47. The first-order valence-corrected chi connectivity index (χ1v) is 22.2. The Balaban J connectivity index is 2.12. The van der Waals surface area contributed by atoms with Crippen LogP contribution in [-0.2, 0) is 91.9 Å². The zero-order chi connectivity index (χ0) is 46.9. The minimum absolute atomic E-state index is 0.0728. The van der Waals surface area contributed by atoms with Crippen LogP contribution in [0.5, 0.6) is 0 Å². The molecule has 0 radical (unpaired) electrons. The van der Waals surface area contributed by atoms with E-state index in [4.69, 9.17) is 51.8 Å². The Hall–Kier alpha value is -5.07. The van der Waals surface area contributed by atoms with Crippen LogP contribution in [-0.4, -0.2) is 137 Å². The second-order valence-corrected chi connectivity index (χ2v) is 20.6. The van der Waals surface area contributed by atoms with Crippen LogP contribution in [0.2, 0.25) is 18.1 Å². The number of benzene rings is 1. The van der Waals surface area contributed by atoms with Crippen molar-refractivity contribution < 1.29 is 95.0 Å². The average Bonchev–Trinajstić information content (AvgIpc) is 3.14. The molecule has 2 aliphatic heterocycles. The lowest BCUT2D eigenvalue weighted by atomic mass is 9.97. The summed E-state index contributed by atoms with van der Waals surface area (Å²) in [7, 11) is -1.42. The van der Waals surface area contributed by atoms with E-state index in [0.717, 1.165) is 54.7 Å². The second kappa shape index (κ2) is 21.8. The summed E-state index contributed by atoms with van der Waals surface area (Å²) in [5.74, 6) is -6.10. The zero-order valence-electron chi connectivity index (χ0n) is 36.6. The molecule has 346 valence electrons. The third-order valence-corrected chi connectivity index (χ3v) is 14.4. The van der Waals surface area contributed by atoms with Crippen molar-refractivity contribution in [3.63, 3.8) is 0 Å². The molecule has 2 fully saturated rings. The molecule has 0 N–H and O–H groups in total. The van der Waals surface area contributed by atoms with Gasteiger partial charge in [0.1, 0.15) is 12.2 Å². The molecule has 1 aromatic rings. The summed E-state index contributed by atoms with van der Waals surface area (Å²) in [5.41, 5.74) is -0.752. The Morgan fingerprint density at radius 3 is 1.45 bits per heavy atom. The van der Waals surface area contributed by atoms with Gasteiger partial charge in [0.05, 0.1) is 43.0 Å². The summed E-state index contributed by atoms with van der Waals surface area (Å²) in [4.78, 5) is 98.3. The van der Waals surface area contributed by atoms with Crippen LogP contribution < -0.4 is 0 Å². The normalized spacial score (nSPS) is 26.3. The van der Waals surface area contributed by atoms with Gasteiger partial charge in [-0.2, -0.15) is 0 Å². The average molecular weight is 902 g/mol. The molecule has 3 rings (SSSR count). The minimum Gasteiger partial charge on any atom is -0.465 e. The van der Waals surface area contributed by atoms with Gasteiger partial charge in [-0.3, -0.25) is 38.9 Å². The molecule has 0 aliphatic carbocycles. The summed E-state index contributed by atoms with van der Waals surface area (Å²) >= 11 is 0. The summed E-state index contributed by atoms with van der Waals surface area (Å²) in [6.07, 6.45) is -15.6. The highest BCUT2D eigenvalue weighted by Gasteiger charge is 2.56. The van der Waals surface area contributed by atoms with Gasteiger partial charge in [0, 0.05) is 47.6 Å². The van der Waals surface area contributed by atoms with Crippen molar-refractivity contribution in [2.24, 2.45) is 0 Å². The maximum absolute atomic E-state index is 12.5. The van der Waals surface area contributed by atoms with Crippen LogP contribution in [0.4, 0.5) is 5.69 Å². The number of ether oxygens (including phenoxy) is 11. The summed E-state index contributed by atoms with van der Waals surface area (Å²) in [5, 5.41) is 11.7. The van der Waals surface area contributed by atoms with Gasteiger partial charge in [-0.1, -0.05) is 20.8 Å². The Morgan fingerprint density at radius 2 is 1.05 bits per heavy atom. The Morgan fingerprint density at radius 1 is 0.645 bits per heavy atom. The Labute approximate surface area is 358 Å². The largest absolute Gasteiger partial charge is 0.465 e. The van der Waals surface area contributed by atoms with Gasteiger partial charge < -0.3 is 56.5 Å². The highest BCUT2D eigenvalue weighted by Crippen LogP contribution is 2.38. The van der Waals surface area contributed by atoms with Gasteiger partial charge in [-0.15, -0.1) is 0 Å². The van der Waals surface area contributed by atoms with Crippen LogP contribution in [0.25, 0.3) is 0 Å². The predicted molar refractivity (Wildman–Crippen MR) is 209 cm³/mol. The van der Waals surface area contributed by atoms with E-state index >= 15 is 0 Å². The van der Waals surface area contributed by atoms with E-state index in [1.807, 2.05) is 33.9 Å². The lowest BCUT2D eigenvalue weighted by Crippen LogP contribution is -2.65. The first kappa shape index (κ1) is 51.3. The Kier molecular flexibility index (Phi) is 18.1. The van der Waals surface area contributed by atoms with E-state index in [1.54, 1.807) is 0 Å². The molecule has 0 aromatic heterocycles. The van der Waals surface area contributed by atoms with Gasteiger partial charge in [-0.25, -0.2) is 4.79 Å². The molecule has 6 unspecified atom stereocenters. The quantitative estimate of drug-likeness (QED) is 0.0714.